The van der Waals surface area contributed by atoms with E-state index in [1.165, 1.54) is 12.2 Å². The summed E-state index contributed by atoms with van der Waals surface area (Å²) in [5.74, 6) is 0. The molecule has 0 aliphatic carbocycles. The van der Waals surface area contributed by atoms with E-state index in [1.807, 2.05) is 0 Å². The van der Waals surface area contributed by atoms with Gasteiger partial charge in [-0.15, -0.1) is 0 Å². The van der Waals surface area contributed by atoms with E-state index in [-0.39, 0.29) is 4.49 Å². The molecule has 0 saturated heterocycles. The molecule has 0 spiro atoms. The Hall–Kier alpha value is 0.0600. The number of rotatable bonds is 1. The van der Waals surface area contributed by atoms with E-state index in [2.05, 4.69) is 0 Å². The van der Waals surface area contributed by atoms with Gasteiger partial charge < -0.3 is 0 Å². The van der Waals surface area contributed by atoms with Gasteiger partial charge in [0, 0.05) is 0 Å². The Morgan fingerprint density at radius 2 is 2.00 bits per heavy atom. The van der Waals surface area contributed by atoms with Gasteiger partial charge in [-0.25, -0.2) is 0 Å². The van der Waals surface area contributed by atoms with Gasteiger partial charge in [0.05, 0.1) is 0 Å². The van der Waals surface area contributed by atoms with Gasteiger partial charge in [0.1, 0.15) is 4.49 Å². The predicted octanol–water partition coefficient (Wildman–Crippen LogP) is 2.29. The quantitative estimate of drug-likeness (QED) is 0.468. The van der Waals surface area contributed by atoms with Gasteiger partial charge in [0.2, 0.25) is 0 Å². The van der Waals surface area contributed by atoms with Crippen molar-refractivity contribution in [3.05, 3.63) is 23.2 Å². The minimum absolute atomic E-state index is 0.178. The van der Waals surface area contributed by atoms with E-state index in [0.29, 0.717) is 0 Å². The Morgan fingerprint density at radius 3 is 2.00 bits per heavy atom. The topological polar surface area (TPSA) is 0 Å². The standard InChI is InChI=1S/C4H3Cl2/c1-2-3-4(5)6/h1-3H. The number of hydrogen-bond donors (Lipinski definition) is 0. The first-order valence-electron chi connectivity index (χ1n) is 1.33. The summed E-state index contributed by atoms with van der Waals surface area (Å²) in [6.07, 6.45) is 2.67. The van der Waals surface area contributed by atoms with Crippen molar-refractivity contribution < 1.29 is 0 Å². The summed E-state index contributed by atoms with van der Waals surface area (Å²) in [6.45, 7) is 4.86. The van der Waals surface area contributed by atoms with Crippen LogP contribution < -0.4 is 0 Å². The van der Waals surface area contributed by atoms with Gasteiger partial charge in [-0.05, 0) is 6.08 Å². The van der Waals surface area contributed by atoms with Crippen molar-refractivity contribution in [2.45, 2.75) is 0 Å². The minimum atomic E-state index is 0.178. The molecular formula is C4H3Cl2. The van der Waals surface area contributed by atoms with Gasteiger partial charge in [-0.3, -0.25) is 0 Å². The average molecular weight is 122 g/mol. The van der Waals surface area contributed by atoms with Crippen LogP contribution in [-0.2, 0) is 0 Å². The Labute approximate surface area is 47.1 Å². The van der Waals surface area contributed by atoms with Crippen molar-refractivity contribution in [2.24, 2.45) is 0 Å². The molecule has 1 radical (unpaired) electrons. The molecule has 0 rings (SSSR count). The summed E-state index contributed by atoms with van der Waals surface area (Å²) in [6, 6.07) is 0. The van der Waals surface area contributed by atoms with Crippen molar-refractivity contribution in [1.82, 2.24) is 0 Å². The fourth-order valence-corrected chi connectivity index (χ4v) is 0.218. The van der Waals surface area contributed by atoms with Crippen LogP contribution in [0.1, 0.15) is 0 Å². The molecule has 0 amide bonds. The first-order chi connectivity index (χ1) is 2.77. The average Bonchev–Trinajstić information content (AvgIpc) is 1.35. The van der Waals surface area contributed by atoms with E-state index < -0.39 is 0 Å². The van der Waals surface area contributed by atoms with Crippen LogP contribution in [-0.4, -0.2) is 0 Å². The van der Waals surface area contributed by atoms with Gasteiger partial charge in [-0.1, -0.05) is 35.9 Å². The second kappa shape index (κ2) is 3.26. The van der Waals surface area contributed by atoms with Crippen LogP contribution in [0.5, 0.6) is 0 Å². The molecule has 33 valence electrons. The summed E-state index contributed by atoms with van der Waals surface area (Å²) < 4.78 is 0.178. The third-order valence-electron chi connectivity index (χ3n) is 0.222. The highest BCUT2D eigenvalue weighted by molar-refractivity contribution is 6.55. The van der Waals surface area contributed by atoms with Crippen LogP contribution in [0.4, 0.5) is 0 Å². The molecule has 0 heterocycles. The van der Waals surface area contributed by atoms with Crippen LogP contribution in [0.3, 0.4) is 0 Å². The van der Waals surface area contributed by atoms with Gasteiger partial charge >= 0.3 is 0 Å². The Kier molecular flexibility index (Phi) is 3.29. The first kappa shape index (κ1) is 6.06. The van der Waals surface area contributed by atoms with Crippen molar-refractivity contribution in [2.75, 3.05) is 0 Å². The lowest BCUT2D eigenvalue weighted by Gasteiger charge is -1.69. The molecule has 0 aliphatic heterocycles. The van der Waals surface area contributed by atoms with Gasteiger partial charge in [-0.2, -0.15) is 0 Å². The van der Waals surface area contributed by atoms with Crippen LogP contribution in [0, 0.1) is 6.58 Å². The molecule has 0 fully saturated rings. The van der Waals surface area contributed by atoms with Gasteiger partial charge in [0.25, 0.3) is 0 Å². The lowest BCUT2D eigenvalue weighted by molar-refractivity contribution is 2.04. The largest absolute Gasteiger partial charge is 0.106 e. The summed E-state index contributed by atoms with van der Waals surface area (Å²) in [5.41, 5.74) is 0. The van der Waals surface area contributed by atoms with Crippen LogP contribution in [0.25, 0.3) is 0 Å². The second-order valence-corrected chi connectivity index (χ2v) is 1.66. The zero-order chi connectivity index (χ0) is 4.99. The molecule has 0 aromatic carbocycles. The first-order valence-corrected chi connectivity index (χ1v) is 2.09. The highest BCUT2D eigenvalue weighted by atomic mass is 35.5. The van der Waals surface area contributed by atoms with Crippen LogP contribution >= 0.6 is 23.2 Å². The molecule has 0 aromatic rings. The lowest BCUT2D eigenvalue weighted by Crippen LogP contribution is -1.43. The maximum Gasteiger partial charge on any atom is 0.106 e. The van der Waals surface area contributed by atoms with Crippen molar-refractivity contribution in [1.29, 1.82) is 0 Å². The van der Waals surface area contributed by atoms with Gasteiger partial charge in [0.15, 0.2) is 0 Å². The number of halogens is 2. The maximum atomic E-state index is 5.09. The normalized spacial score (nSPS) is 7.00. The van der Waals surface area contributed by atoms with Crippen molar-refractivity contribution >= 4 is 23.2 Å². The molecule has 0 N–H and O–H groups in total. The van der Waals surface area contributed by atoms with E-state index in [9.17, 15) is 0 Å². The van der Waals surface area contributed by atoms with E-state index in [1.54, 1.807) is 0 Å². The molecule has 0 bridgehead atoms. The molecule has 6 heavy (non-hydrogen) atoms. The second-order valence-electron chi connectivity index (χ2n) is 0.649. The molecular weight excluding hydrogens is 119 g/mol. The van der Waals surface area contributed by atoms with E-state index >= 15 is 0 Å². The Bertz CT molecular complexity index is 69.6. The zero-order valence-corrected chi connectivity index (χ0v) is 4.50. The predicted molar refractivity (Wildman–Crippen MR) is 28.7 cm³/mol. The smallest absolute Gasteiger partial charge is 0.0709 e. The third-order valence-corrected chi connectivity index (χ3v) is 0.474. The molecule has 0 aliphatic rings. The highest BCUT2D eigenvalue weighted by Crippen LogP contribution is 2.04. The Morgan fingerprint density at radius 1 is 1.50 bits per heavy atom. The lowest BCUT2D eigenvalue weighted by atomic mass is 10.6. The van der Waals surface area contributed by atoms with Crippen LogP contribution in [0.2, 0.25) is 0 Å². The zero-order valence-electron chi connectivity index (χ0n) is 2.99. The summed E-state index contributed by atoms with van der Waals surface area (Å²) >= 11 is 10.2. The highest BCUT2D eigenvalue weighted by Gasteiger charge is 1.71. The minimum Gasteiger partial charge on any atom is -0.0709 e. The summed E-state index contributed by atoms with van der Waals surface area (Å²) in [4.78, 5) is 0. The molecule has 0 aromatic heterocycles. The number of hydrogen-bond acceptors (Lipinski definition) is 0. The van der Waals surface area contributed by atoms with E-state index in [0.717, 1.165) is 0 Å². The Balaban J connectivity index is 3.41. The fourth-order valence-electron chi connectivity index (χ4n) is 0.0727. The fraction of sp³-hybridized carbons (Fsp3) is 0. The molecule has 0 atom stereocenters. The molecule has 0 unspecified atom stereocenters. The summed E-state index contributed by atoms with van der Waals surface area (Å²) in [5, 5.41) is 0. The van der Waals surface area contributed by atoms with Crippen molar-refractivity contribution in [3.63, 3.8) is 0 Å². The summed E-state index contributed by atoms with van der Waals surface area (Å²) in [7, 11) is 0. The van der Waals surface area contributed by atoms with Crippen LogP contribution in [0.15, 0.2) is 16.6 Å². The SMILES string of the molecule is [CH]=CC=C(Cl)Cl. The molecule has 2 heteroatoms. The number of allylic oxidation sites excluding steroid dienone is 2. The molecule has 0 nitrogen and oxygen atoms in total. The van der Waals surface area contributed by atoms with E-state index in [4.69, 9.17) is 29.8 Å². The monoisotopic (exact) mass is 121 g/mol. The van der Waals surface area contributed by atoms with Crippen molar-refractivity contribution in [3.8, 4) is 0 Å². The molecule has 0 saturated carbocycles. The maximum absolute atomic E-state index is 5.09. The third kappa shape index (κ3) is 4.06.